The maximum absolute atomic E-state index is 5.22. The molecule has 1 heterocycles. The molecule has 0 unspecified atom stereocenters. The molecule has 0 saturated heterocycles. The van der Waals surface area contributed by atoms with Crippen LogP contribution < -0.4 is 10.1 Å². The summed E-state index contributed by atoms with van der Waals surface area (Å²) in [5.74, 6) is 0.877. The number of ether oxygens (including phenoxy) is 1. The van der Waals surface area contributed by atoms with Crippen LogP contribution in [0.25, 0.3) is 17.2 Å². The van der Waals surface area contributed by atoms with E-state index < -0.39 is 0 Å². The number of allylic oxidation sites excluding steroid dienone is 6. The highest BCUT2D eigenvalue weighted by atomic mass is 16.5. The van der Waals surface area contributed by atoms with Gasteiger partial charge in [0.2, 0.25) is 0 Å². The smallest absolute Gasteiger partial charge is 0.118 e. The third kappa shape index (κ3) is 2.59. The van der Waals surface area contributed by atoms with Gasteiger partial charge in [0.25, 0.3) is 0 Å². The van der Waals surface area contributed by atoms with Crippen molar-refractivity contribution in [2.24, 2.45) is 0 Å². The van der Waals surface area contributed by atoms with Crippen LogP contribution in [-0.2, 0) is 0 Å². The average Bonchev–Trinajstić information content (AvgIpc) is 3.15. The zero-order valence-electron chi connectivity index (χ0n) is 12.9. The van der Waals surface area contributed by atoms with Gasteiger partial charge in [0, 0.05) is 11.4 Å². The van der Waals surface area contributed by atoms with E-state index in [-0.39, 0.29) is 0 Å². The second-order valence-corrected chi connectivity index (χ2v) is 5.58. The fourth-order valence-electron chi connectivity index (χ4n) is 2.86. The Hall–Kier alpha value is -3.00. The molecule has 4 rings (SSSR count). The second kappa shape index (κ2) is 5.65. The van der Waals surface area contributed by atoms with Crippen molar-refractivity contribution in [2.75, 3.05) is 12.4 Å². The lowest BCUT2D eigenvalue weighted by atomic mass is 9.99. The molecule has 2 aromatic carbocycles. The van der Waals surface area contributed by atoms with Crippen LogP contribution in [-0.4, -0.2) is 7.11 Å². The lowest BCUT2D eigenvalue weighted by molar-refractivity contribution is 0.415. The summed E-state index contributed by atoms with van der Waals surface area (Å²) in [6.45, 7) is 0. The van der Waals surface area contributed by atoms with Crippen molar-refractivity contribution in [2.45, 2.75) is 0 Å². The minimum atomic E-state index is 0.877. The van der Waals surface area contributed by atoms with Gasteiger partial charge in [-0.1, -0.05) is 48.6 Å². The van der Waals surface area contributed by atoms with Gasteiger partial charge in [-0.15, -0.1) is 0 Å². The lowest BCUT2D eigenvalue weighted by Gasteiger charge is -2.18. The first-order valence-electron chi connectivity index (χ1n) is 7.66. The maximum atomic E-state index is 5.22. The molecule has 2 aromatic rings. The zero-order valence-corrected chi connectivity index (χ0v) is 12.9. The van der Waals surface area contributed by atoms with Crippen LogP contribution in [0.15, 0.2) is 84.1 Å². The van der Waals surface area contributed by atoms with E-state index in [1.807, 2.05) is 12.1 Å². The first kappa shape index (κ1) is 13.6. The predicted molar refractivity (Wildman–Crippen MR) is 96.4 cm³/mol. The molecule has 0 aromatic heterocycles. The van der Waals surface area contributed by atoms with Gasteiger partial charge in [-0.25, -0.2) is 0 Å². The van der Waals surface area contributed by atoms with E-state index in [2.05, 4.69) is 72.1 Å². The van der Waals surface area contributed by atoms with E-state index in [4.69, 9.17) is 4.74 Å². The number of benzene rings is 2. The van der Waals surface area contributed by atoms with E-state index in [1.165, 1.54) is 22.3 Å². The normalized spacial score (nSPS) is 14.8. The lowest BCUT2D eigenvalue weighted by Crippen LogP contribution is -2.04. The molecular weight excluding hydrogens is 282 g/mol. The average molecular weight is 299 g/mol. The van der Waals surface area contributed by atoms with Crippen molar-refractivity contribution < 1.29 is 4.74 Å². The van der Waals surface area contributed by atoms with Crippen molar-refractivity contribution in [3.63, 3.8) is 0 Å². The molecule has 0 atom stereocenters. The van der Waals surface area contributed by atoms with E-state index in [1.54, 1.807) is 7.11 Å². The number of hydrogen-bond donors (Lipinski definition) is 1. The summed E-state index contributed by atoms with van der Waals surface area (Å²) in [6, 6.07) is 14.7. The minimum Gasteiger partial charge on any atom is -0.497 e. The van der Waals surface area contributed by atoms with Crippen molar-refractivity contribution in [3.8, 4) is 16.9 Å². The van der Waals surface area contributed by atoms with Crippen molar-refractivity contribution in [1.29, 1.82) is 0 Å². The zero-order chi connectivity index (χ0) is 15.6. The van der Waals surface area contributed by atoms with Crippen LogP contribution in [0.4, 0.5) is 5.69 Å². The highest BCUT2D eigenvalue weighted by Gasteiger charge is 2.11. The molecule has 0 spiro atoms. The third-order valence-corrected chi connectivity index (χ3v) is 4.15. The van der Waals surface area contributed by atoms with Gasteiger partial charge >= 0.3 is 0 Å². The summed E-state index contributed by atoms with van der Waals surface area (Å²) >= 11 is 0. The van der Waals surface area contributed by atoms with Crippen molar-refractivity contribution in [3.05, 3.63) is 89.7 Å². The number of fused-ring (bicyclic) bond motifs is 1. The second-order valence-electron chi connectivity index (χ2n) is 5.58. The summed E-state index contributed by atoms with van der Waals surface area (Å²) in [6.07, 6.45) is 12.6. The number of hydrogen-bond acceptors (Lipinski definition) is 2. The molecule has 23 heavy (non-hydrogen) atoms. The number of anilines is 1. The summed E-state index contributed by atoms with van der Waals surface area (Å²) in [4.78, 5) is 0. The topological polar surface area (TPSA) is 21.3 Å². The summed E-state index contributed by atoms with van der Waals surface area (Å²) < 4.78 is 5.22. The molecule has 0 saturated carbocycles. The largest absolute Gasteiger partial charge is 0.497 e. The molecule has 0 fully saturated rings. The Kier molecular flexibility index (Phi) is 3.35. The molecule has 1 aliphatic heterocycles. The molecule has 1 N–H and O–H groups in total. The van der Waals surface area contributed by atoms with Gasteiger partial charge in [-0.05, 0) is 52.6 Å². The van der Waals surface area contributed by atoms with E-state index in [9.17, 15) is 0 Å². The molecule has 2 heteroatoms. The molecule has 0 amide bonds. The standard InChI is InChI=1S/C21H17NO/c1-23-19-10-6-15(7-11-19)17-8-12-21-18(14-17)9-13-20(22-21)16-4-2-3-5-16/h2-14,22H,1H3. The van der Waals surface area contributed by atoms with E-state index in [0.717, 1.165) is 17.1 Å². The molecule has 2 aliphatic rings. The maximum Gasteiger partial charge on any atom is 0.118 e. The predicted octanol–water partition coefficient (Wildman–Crippen LogP) is 5.18. The Morgan fingerprint density at radius 3 is 2.26 bits per heavy atom. The number of nitrogens with one attached hydrogen (secondary N) is 1. The van der Waals surface area contributed by atoms with Crippen LogP contribution in [0, 0.1) is 0 Å². The van der Waals surface area contributed by atoms with Gasteiger partial charge < -0.3 is 10.1 Å². The van der Waals surface area contributed by atoms with Crippen molar-refractivity contribution >= 4 is 11.8 Å². The highest BCUT2D eigenvalue weighted by molar-refractivity contribution is 5.80. The highest BCUT2D eigenvalue weighted by Crippen LogP contribution is 2.32. The molecule has 112 valence electrons. The van der Waals surface area contributed by atoms with E-state index in [0.29, 0.717) is 0 Å². The first-order chi connectivity index (χ1) is 11.3. The van der Waals surface area contributed by atoms with Gasteiger partial charge in [0.1, 0.15) is 5.75 Å². The SMILES string of the molecule is COc1ccc(-c2ccc3c(c2)C=CC(=C2C=CC=C2)N3)cc1. The third-order valence-electron chi connectivity index (χ3n) is 4.15. The summed E-state index contributed by atoms with van der Waals surface area (Å²) in [5, 5.41) is 3.51. The molecule has 1 aliphatic carbocycles. The molecule has 0 bridgehead atoms. The first-order valence-corrected chi connectivity index (χ1v) is 7.66. The van der Waals surface area contributed by atoms with Crippen LogP contribution in [0.3, 0.4) is 0 Å². The fourth-order valence-corrected chi connectivity index (χ4v) is 2.86. The molecular formula is C21H17NO. The van der Waals surface area contributed by atoms with Crippen LogP contribution in [0.2, 0.25) is 0 Å². The summed E-state index contributed by atoms with van der Waals surface area (Å²) in [7, 11) is 1.69. The quantitative estimate of drug-likeness (QED) is 0.825. The van der Waals surface area contributed by atoms with Crippen LogP contribution in [0.5, 0.6) is 5.75 Å². The Morgan fingerprint density at radius 2 is 1.52 bits per heavy atom. The number of rotatable bonds is 2. The molecule has 2 nitrogen and oxygen atoms in total. The fraction of sp³-hybridized carbons (Fsp3) is 0.0476. The van der Waals surface area contributed by atoms with Gasteiger partial charge in [-0.3, -0.25) is 0 Å². The van der Waals surface area contributed by atoms with Gasteiger partial charge in [0.15, 0.2) is 0 Å². The van der Waals surface area contributed by atoms with E-state index >= 15 is 0 Å². The monoisotopic (exact) mass is 299 g/mol. The van der Waals surface area contributed by atoms with Gasteiger partial charge in [0.05, 0.1) is 7.11 Å². The van der Waals surface area contributed by atoms with Crippen LogP contribution >= 0.6 is 0 Å². The number of methoxy groups -OCH3 is 1. The Morgan fingerprint density at radius 1 is 0.783 bits per heavy atom. The van der Waals surface area contributed by atoms with Crippen LogP contribution in [0.1, 0.15) is 5.56 Å². The minimum absolute atomic E-state index is 0.877. The van der Waals surface area contributed by atoms with Crippen molar-refractivity contribution in [1.82, 2.24) is 0 Å². The molecule has 0 radical (unpaired) electrons. The summed E-state index contributed by atoms with van der Waals surface area (Å²) in [5.41, 5.74) is 7.09. The Labute approximate surface area is 136 Å². The Bertz CT molecular complexity index is 853. The Balaban J connectivity index is 1.67. The van der Waals surface area contributed by atoms with Gasteiger partial charge in [-0.2, -0.15) is 0 Å².